The highest BCUT2D eigenvalue weighted by atomic mass is 19.4. The first-order valence-electron chi connectivity index (χ1n) is 9.37. The largest absolute Gasteiger partial charge is 0.493 e. The summed E-state index contributed by atoms with van der Waals surface area (Å²) in [4.78, 5) is 14.3. The fraction of sp³-hybridized carbons (Fsp3) is 0.632. The topological polar surface area (TPSA) is 59.0 Å². The van der Waals surface area contributed by atoms with E-state index in [1.165, 1.54) is 11.0 Å². The average molecular weight is 397 g/mol. The standard InChI is InChI=1S/C19H23BF3NO4/c1-17(2)9-27-20(28-10-17)11-4-13-14(15(5-11)19(21,22)23)8-24(16(13)25)12-6-18(3,26)7-12/h4-5,12,26H,6-10H2,1-3H3. The summed E-state index contributed by atoms with van der Waals surface area (Å²) in [7, 11) is -0.925. The fourth-order valence-electron chi connectivity index (χ4n) is 4.20. The summed E-state index contributed by atoms with van der Waals surface area (Å²) in [5.74, 6) is -0.431. The van der Waals surface area contributed by atoms with Gasteiger partial charge >= 0.3 is 13.3 Å². The first-order valence-corrected chi connectivity index (χ1v) is 9.37. The summed E-state index contributed by atoms with van der Waals surface area (Å²) < 4.78 is 52.5. The van der Waals surface area contributed by atoms with Crippen LogP contribution >= 0.6 is 0 Å². The molecular formula is C19H23BF3NO4. The molecule has 0 atom stereocenters. The molecular weight excluding hydrogens is 374 g/mol. The van der Waals surface area contributed by atoms with Crippen LogP contribution in [0.3, 0.4) is 0 Å². The molecule has 5 nitrogen and oxygen atoms in total. The zero-order valence-corrected chi connectivity index (χ0v) is 16.1. The van der Waals surface area contributed by atoms with Gasteiger partial charge in [0.1, 0.15) is 0 Å². The Kier molecular flexibility index (Phi) is 4.38. The van der Waals surface area contributed by atoms with E-state index in [1.54, 1.807) is 6.92 Å². The molecule has 0 bridgehead atoms. The van der Waals surface area contributed by atoms with Crippen LogP contribution in [0.5, 0.6) is 0 Å². The summed E-state index contributed by atoms with van der Waals surface area (Å²) in [6.07, 6.45) is -3.86. The van der Waals surface area contributed by atoms with Crippen molar-refractivity contribution in [3.8, 4) is 0 Å². The zero-order chi connectivity index (χ0) is 20.5. The van der Waals surface area contributed by atoms with Crippen molar-refractivity contribution in [3.63, 3.8) is 0 Å². The number of hydrogen-bond donors (Lipinski definition) is 1. The van der Waals surface area contributed by atoms with Gasteiger partial charge in [0.25, 0.3) is 5.91 Å². The summed E-state index contributed by atoms with van der Waals surface area (Å²) in [6, 6.07) is 2.25. The molecule has 1 aromatic carbocycles. The minimum atomic E-state index is -4.59. The first-order chi connectivity index (χ1) is 12.9. The minimum absolute atomic E-state index is 0.0102. The highest BCUT2D eigenvalue weighted by Gasteiger charge is 2.48. The van der Waals surface area contributed by atoms with Crippen molar-refractivity contribution < 1.29 is 32.4 Å². The Hall–Kier alpha value is -1.58. The van der Waals surface area contributed by atoms with Crippen molar-refractivity contribution >= 4 is 18.5 Å². The number of fused-ring (bicyclic) bond motifs is 1. The molecule has 2 heterocycles. The van der Waals surface area contributed by atoms with Crippen molar-refractivity contribution in [1.29, 1.82) is 0 Å². The molecule has 1 aromatic rings. The summed E-state index contributed by atoms with van der Waals surface area (Å²) in [6.45, 7) is 6.17. The molecule has 28 heavy (non-hydrogen) atoms. The second kappa shape index (κ2) is 6.21. The summed E-state index contributed by atoms with van der Waals surface area (Å²) >= 11 is 0. The SMILES string of the molecule is CC1(C)COB(c2cc3c(c(C(F)(F)F)c2)CN(C2CC(C)(O)C2)C3=O)OC1. The predicted octanol–water partition coefficient (Wildman–Crippen LogP) is 2.34. The van der Waals surface area contributed by atoms with E-state index in [0.29, 0.717) is 26.1 Å². The van der Waals surface area contributed by atoms with Crippen molar-refractivity contribution in [2.24, 2.45) is 5.41 Å². The third kappa shape index (κ3) is 3.44. The van der Waals surface area contributed by atoms with Gasteiger partial charge in [0.05, 0.1) is 11.2 Å². The van der Waals surface area contributed by atoms with Crippen LogP contribution in [-0.4, -0.2) is 47.9 Å². The Morgan fingerprint density at radius 3 is 2.32 bits per heavy atom. The van der Waals surface area contributed by atoms with Crippen LogP contribution < -0.4 is 5.46 Å². The van der Waals surface area contributed by atoms with E-state index in [1.807, 2.05) is 13.8 Å². The molecule has 152 valence electrons. The number of rotatable bonds is 2. The molecule has 1 amide bonds. The number of amides is 1. The monoisotopic (exact) mass is 397 g/mol. The molecule has 1 saturated carbocycles. The molecule has 3 aliphatic rings. The lowest BCUT2D eigenvalue weighted by molar-refractivity contribution is -0.138. The number of benzene rings is 1. The molecule has 0 radical (unpaired) electrons. The third-order valence-electron chi connectivity index (χ3n) is 5.71. The van der Waals surface area contributed by atoms with E-state index in [0.717, 1.165) is 6.07 Å². The van der Waals surface area contributed by atoms with Crippen LogP contribution in [0.15, 0.2) is 12.1 Å². The van der Waals surface area contributed by atoms with E-state index in [-0.39, 0.29) is 34.6 Å². The minimum Gasteiger partial charge on any atom is -0.407 e. The maximum absolute atomic E-state index is 13.7. The van der Waals surface area contributed by atoms with Crippen LogP contribution in [0.4, 0.5) is 13.2 Å². The van der Waals surface area contributed by atoms with Crippen LogP contribution in [-0.2, 0) is 22.0 Å². The number of nitrogens with zero attached hydrogens (tertiary/aromatic N) is 1. The van der Waals surface area contributed by atoms with Crippen LogP contribution in [0.25, 0.3) is 0 Å². The van der Waals surface area contributed by atoms with Crippen molar-refractivity contribution in [2.45, 2.75) is 58.0 Å². The first kappa shape index (κ1) is 19.7. The van der Waals surface area contributed by atoms with E-state index in [4.69, 9.17) is 9.31 Å². The zero-order valence-electron chi connectivity index (χ0n) is 16.1. The van der Waals surface area contributed by atoms with Crippen LogP contribution in [0.1, 0.15) is 55.1 Å². The van der Waals surface area contributed by atoms with Crippen molar-refractivity contribution in [1.82, 2.24) is 4.90 Å². The number of hydrogen-bond acceptors (Lipinski definition) is 4. The molecule has 0 unspecified atom stereocenters. The normalized spacial score (nSPS) is 29.7. The van der Waals surface area contributed by atoms with Crippen molar-refractivity contribution in [2.75, 3.05) is 13.2 Å². The van der Waals surface area contributed by atoms with Gasteiger partial charge in [0.2, 0.25) is 0 Å². The highest BCUT2D eigenvalue weighted by Crippen LogP contribution is 2.42. The Morgan fingerprint density at radius 2 is 1.79 bits per heavy atom. The van der Waals surface area contributed by atoms with Gasteiger partial charge < -0.3 is 19.3 Å². The number of alkyl halides is 3. The highest BCUT2D eigenvalue weighted by molar-refractivity contribution is 6.61. The van der Waals surface area contributed by atoms with Gasteiger partial charge in [-0.3, -0.25) is 4.79 Å². The smallest absolute Gasteiger partial charge is 0.407 e. The van der Waals surface area contributed by atoms with Gasteiger partial charge in [-0.15, -0.1) is 0 Å². The van der Waals surface area contributed by atoms with Crippen molar-refractivity contribution in [3.05, 3.63) is 28.8 Å². The molecule has 0 aromatic heterocycles. The molecule has 1 saturated heterocycles. The van der Waals surface area contributed by atoms with Gasteiger partial charge in [0, 0.05) is 36.8 Å². The maximum atomic E-state index is 13.7. The average Bonchev–Trinajstić information content (AvgIpc) is 2.87. The number of carbonyl (C=O) groups excluding carboxylic acids is 1. The Balaban J connectivity index is 1.67. The van der Waals surface area contributed by atoms with Gasteiger partial charge in [-0.2, -0.15) is 13.2 Å². The summed E-state index contributed by atoms with van der Waals surface area (Å²) in [5.41, 5.74) is -1.66. The molecule has 1 N–H and O–H groups in total. The molecule has 2 fully saturated rings. The lowest BCUT2D eigenvalue weighted by atomic mass is 9.74. The van der Waals surface area contributed by atoms with Gasteiger partial charge in [0.15, 0.2) is 0 Å². The van der Waals surface area contributed by atoms with Gasteiger partial charge in [-0.05, 0) is 42.9 Å². The number of aliphatic hydroxyl groups is 1. The van der Waals surface area contributed by atoms with Crippen LogP contribution in [0, 0.1) is 5.41 Å². The molecule has 4 rings (SSSR count). The Labute approximate surface area is 161 Å². The summed E-state index contributed by atoms with van der Waals surface area (Å²) in [5, 5.41) is 9.94. The number of carbonyl (C=O) groups is 1. The predicted molar refractivity (Wildman–Crippen MR) is 96.0 cm³/mol. The van der Waals surface area contributed by atoms with E-state index in [2.05, 4.69) is 0 Å². The lowest BCUT2D eigenvalue weighted by Crippen LogP contribution is -2.53. The van der Waals surface area contributed by atoms with Gasteiger partial charge in [-0.25, -0.2) is 0 Å². The van der Waals surface area contributed by atoms with E-state index in [9.17, 15) is 23.1 Å². The Morgan fingerprint density at radius 1 is 1.18 bits per heavy atom. The third-order valence-corrected chi connectivity index (χ3v) is 5.71. The fourth-order valence-corrected chi connectivity index (χ4v) is 4.20. The van der Waals surface area contributed by atoms with E-state index >= 15 is 0 Å². The molecule has 1 aliphatic carbocycles. The lowest BCUT2D eigenvalue weighted by Gasteiger charge is -2.45. The Bertz CT molecular complexity index is 806. The van der Waals surface area contributed by atoms with Crippen LogP contribution in [0.2, 0.25) is 0 Å². The molecule has 0 spiro atoms. The maximum Gasteiger partial charge on any atom is 0.493 e. The number of halogens is 3. The second-order valence-electron chi connectivity index (χ2n) is 9.20. The second-order valence-corrected chi connectivity index (χ2v) is 9.20. The van der Waals surface area contributed by atoms with Gasteiger partial charge in [-0.1, -0.05) is 13.8 Å². The molecule has 9 heteroatoms. The van der Waals surface area contributed by atoms with E-state index < -0.39 is 30.4 Å². The quantitative estimate of drug-likeness (QED) is 0.779. The molecule has 2 aliphatic heterocycles.